The summed E-state index contributed by atoms with van der Waals surface area (Å²) >= 11 is 3.28. The third-order valence-electron chi connectivity index (χ3n) is 3.52. The maximum atomic E-state index is 6.08. The predicted molar refractivity (Wildman–Crippen MR) is 120 cm³/mol. The Kier molecular flexibility index (Phi) is 8.67. The molecule has 2 aromatic carbocycles. The fourth-order valence-corrected chi connectivity index (χ4v) is 3.81. The molecule has 0 saturated carbocycles. The maximum Gasteiger partial charge on any atom is 0.159 e. The number of rotatable bonds is 9. The van der Waals surface area contributed by atoms with Crippen molar-refractivity contribution in [1.29, 1.82) is 0 Å². The molecule has 0 aliphatic heterocycles. The standard InChI is InChI=1S/C19H27N5S2/c1-24(2)17-11-9-16(10-12-17)23-19(21)26-14-6-13-25-18(20)22-15-7-4-3-5-8-15/h3-5,7-12,18,22H,6,13-14,20H2,1-2H3,(H2,21,23). The van der Waals surface area contributed by atoms with Crippen LogP contribution in [0.5, 0.6) is 0 Å². The van der Waals surface area contributed by atoms with Gasteiger partial charge in [0.15, 0.2) is 5.17 Å². The lowest BCUT2D eigenvalue weighted by molar-refractivity contribution is 1.04. The van der Waals surface area contributed by atoms with Crippen molar-refractivity contribution < 1.29 is 0 Å². The minimum Gasteiger partial charge on any atom is -0.378 e. The lowest BCUT2D eigenvalue weighted by atomic mass is 10.3. The number of benzene rings is 2. The van der Waals surface area contributed by atoms with Crippen LogP contribution in [-0.4, -0.2) is 36.3 Å². The fourth-order valence-electron chi connectivity index (χ4n) is 2.17. The summed E-state index contributed by atoms with van der Waals surface area (Å²) in [4.78, 5) is 6.50. The lowest BCUT2D eigenvalue weighted by Crippen LogP contribution is -2.26. The lowest BCUT2D eigenvalue weighted by Gasteiger charge is -2.14. The Morgan fingerprint density at radius 2 is 1.77 bits per heavy atom. The van der Waals surface area contributed by atoms with Gasteiger partial charge in [-0.1, -0.05) is 30.0 Å². The number of thioether (sulfide) groups is 2. The molecular weight excluding hydrogens is 362 g/mol. The Hall–Kier alpha value is -1.83. The van der Waals surface area contributed by atoms with E-state index in [4.69, 9.17) is 11.5 Å². The monoisotopic (exact) mass is 389 g/mol. The number of amidine groups is 1. The Morgan fingerprint density at radius 1 is 1.08 bits per heavy atom. The first-order valence-corrected chi connectivity index (χ1v) is 10.5. The molecule has 0 fully saturated rings. The molecule has 0 radical (unpaired) electrons. The highest BCUT2D eigenvalue weighted by Crippen LogP contribution is 2.20. The van der Waals surface area contributed by atoms with E-state index in [1.54, 1.807) is 23.5 Å². The van der Waals surface area contributed by atoms with Gasteiger partial charge in [0.05, 0.1) is 5.69 Å². The predicted octanol–water partition coefficient (Wildman–Crippen LogP) is 3.91. The molecule has 2 rings (SSSR count). The summed E-state index contributed by atoms with van der Waals surface area (Å²) in [6, 6.07) is 18.0. The topological polar surface area (TPSA) is 79.7 Å². The molecule has 0 saturated heterocycles. The molecule has 1 unspecified atom stereocenters. The number of nitrogens with two attached hydrogens (primary N) is 2. The molecule has 5 nitrogen and oxygen atoms in total. The van der Waals surface area contributed by atoms with E-state index in [1.807, 2.05) is 68.7 Å². The second kappa shape index (κ2) is 11.0. The summed E-state index contributed by atoms with van der Waals surface area (Å²) in [5.41, 5.74) is 15.0. The highest BCUT2D eigenvalue weighted by molar-refractivity contribution is 8.13. The minimum absolute atomic E-state index is 0.108. The van der Waals surface area contributed by atoms with Gasteiger partial charge in [-0.2, -0.15) is 0 Å². The first-order chi connectivity index (χ1) is 12.5. The van der Waals surface area contributed by atoms with Crippen molar-refractivity contribution >= 4 is 45.8 Å². The zero-order chi connectivity index (χ0) is 18.8. The van der Waals surface area contributed by atoms with Gasteiger partial charge in [0, 0.05) is 31.2 Å². The molecule has 1 atom stereocenters. The SMILES string of the molecule is CN(C)c1ccc(N=C(N)SCCCSC(N)Nc2ccccc2)cc1. The Labute approximate surface area is 164 Å². The van der Waals surface area contributed by atoms with Crippen LogP contribution in [0.2, 0.25) is 0 Å². The zero-order valence-corrected chi connectivity index (χ0v) is 16.9. The molecule has 0 aromatic heterocycles. The van der Waals surface area contributed by atoms with Gasteiger partial charge in [-0.15, -0.1) is 11.8 Å². The van der Waals surface area contributed by atoms with Gasteiger partial charge in [0.1, 0.15) is 5.50 Å². The van der Waals surface area contributed by atoms with E-state index < -0.39 is 0 Å². The molecule has 0 spiro atoms. The van der Waals surface area contributed by atoms with Crippen LogP contribution < -0.4 is 21.7 Å². The van der Waals surface area contributed by atoms with Gasteiger partial charge in [0.2, 0.25) is 0 Å². The Balaban J connectivity index is 1.64. The number of hydrogen-bond donors (Lipinski definition) is 3. The van der Waals surface area contributed by atoms with Gasteiger partial charge < -0.3 is 21.7 Å². The fraction of sp³-hybridized carbons (Fsp3) is 0.316. The molecule has 7 heteroatoms. The molecule has 0 amide bonds. The van der Waals surface area contributed by atoms with Gasteiger partial charge in [-0.3, -0.25) is 0 Å². The summed E-state index contributed by atoms with van der Waals surface area (Å²) in [5, 5.41) is 3.87. The van der Waals surface area contributed by atoms with E-state index in [2.05, 4.69) is 15.2 Å². The zero-order valence-electron chi connectivity index (χ0n) is 15.3. The van der Waals surface area contributed by atoms with E-state index in [-0.39, 0.29) is 5.50 Å². The highest BCUT2D eigenvalue weighted by Gasteiger charge is 2.03. The normalized spacial score (nSPS) is 12.7. The molecule has 140 valence electrons. The molecule has 0 aliphatic carbocycles. The average Bonchev–Trinajstić information content (AvgIpc) is 2.62. The summed E-state index contributed by atoms with van der Waals surface area (Å²) in [6.45, 7) is 0. The van der Waals surface area contributed by atoms with Crippen molar-refractivity contribution in [3.8, 4) is 0 Å². The van der Waals surface area contributed by atoms with Crippen LogP contribution in [-0.2, 0) is 0 Å². The third kappa shape index (κ3) is 7.59. The summed E-state index contributed by atoms with van der Waals surface area (Å²) in [7, 11) is 4.03. The van der Waals surface area contributed by atoms with Crippen molar-refractivity contribution in [3.63, 3.8) is 0 Å². The molecule has 0 bridgehead atoms. The summed E-state index contributed by atoms with van der Waals surface area (Å²) in [6.07, 6.45) is 1.02. The molecule has 26 heavy (non-hydrogen) atoms. The minimum atomic E-state index is -0.108. The van der Waals surface area contributed by atoms with E-state index >= 15 is 0 Å². The van der Waals surface area contributed by atoms with E-state index in [1.165, 1.54) is 0 Å². The smallest absolute Gasteiger partial charge is 0.159 e. The molecule has 2 aromatic rings. The number of anilines is 2. The molecule has 5 N–H and O–H groups in total. The molecular formula is C19H27N5S2. The second-order valence-corrected chi connectivity index (χ2v) is 8.23. The number of nitrogens with zero attached hydrogens (tertiary/aromatic N) is 2. The van der Waals surface area contributed by atoms with E-state index in [0.717, 1.165) is 35.0 Å². The Bertz CT molecular complexity index is 674. The van der Waals surface area contributed by atoms with Crippen molar-refractivity contribution in [2.24, 2.45) is 16.5 Å². The number of hydrogen-bond acceptors (Lipinski definition) is 6. The van der Waals surface area contributed by atoms with Crippen molar-refractivity contribution in [1.82, 2.24) is 0 Å². The van der Waals surface area contributed by atoms with Crippen LogP contribution in [0, 0.1) is 0 Å². The van der Waals surface area contributed by atoms with Crippen LogP contribution >= 0.6 is 23.5 Å². The maximum absolute atomic E-state index is 6.08. The van der Waals surface area contributed by atoms with Gasteiger partial charge in [-0.25, -0.2) is 4.99 Å². The summed E-state index contributed by atoms with van der Waals surface area (Å²) < 4.78 is 0. The Morgan fingerprint density at radius 3 is 2.42 bits per heavy atom. The largest absolute Gasteiger partial charge is 0.378 e. The van der Waals surface area contributed by atoms with Crippen LogP contribution in [0.1, 0.15) is 6.42 Å². The third-order valence-corrected chi connectivity index (χ3v) is 5.41. The van der Waals surface area contributed by atoms with Crippen LogP contribution in [0.25, 0.3) is 0 Å². The van der Waals surface area contributed by atoms with Crippen LogP contribution in [0.4, 0.5) is 17.1 Å². The molecule has 0 aliphatic rings. The van der Waals surface area contributed by atoms with Gasteiger partial charge >= 0.3 is 0 Å². The van der Waals surface area contributed by atoms with Crippen LogP contribution in [0.3, 0.4) is 0 Å². The van der Waals surface area contributed by atoms with Crippen molar-refractivity contribution in [3.05, 3.63) is 54.6 Å². The number of aliphatic imine (C=N–C) groups is 1. The van der Waals surface area contributed by atoms with Crippen molar-refractivity contribution in [2.45, 2.75) is 11.9 Å². The number of para-hydroxylation sites is 1. The second-order valence-electron chi connectivity index (χ2n) is 5.86. The summed E-state index contributed by atoms with van der Waals surface area (Å²) in [5.74, 6) is 1.90. The molecule has 0 heterocycles. The highest BCUT2D eigenvalue weighted by atomic mass is 32.2. The quantitative estimate of drug-likeness (QED) is 0.261. The van der Waals surface area contributed by atoms with Gasteiger partial charge in [-0.05, 0) is 48.6 Å². The van der Waals surface area contributed by atoms with Gasteiger partial charge in [0.25, 0.3) is 0 Å². The van der Waals surface area contributed by atoms with Crippen LogP contribution in [0.15, 0.2) is 59.6 Å². The first kappa shape index (κ1) is 20.5. The van der Waals surface area contributed by atoms with E-state index in [0.29, 0.717) is 5.17 Å². The van der Waals surface area contributed by atoms with E-state index in [9.17, 15) is 0 Å². The first-order valence-electron chi connectivity index (χ1n) is 8.48. The average molecular weight is 390 g/mol. The van der Waals surface area contributed by atoms with Crippen molar-refractivity contribution in [2.75, 3.05) is 35.8 Å². The number of nitrogens with one attached hydrogen (secondary N) is 1.